The maximum absolute atomic E-state index is 12.6. The summed E-state index contributed by atoms with van der Waals surface area (Å²) >= 11 is 0. The van der Waals surface area contributed by atoms with Gasteiger partial charge >= 0.3 is 0 Å². The Bertz CT molecular complexity index is 754. The fourth-order valence-electron chi connectivity index (χ4n) is 2.73. The first-order valence-corrected chi connectivity index (χ1v) is 8.44. The highest BCUT2D eigenvalue weighted by Gasteiger charge is 2.26. The van der Waals surface area contributed by atoms with Crippen molar-refractivity contribution in [1.29, 1.82) is 0 Å². The first-order chi connectivity index (χ1) is 9.95. The number of nitrogens with one attached hydrogen (secondary N) is 2. The lowest BCUT2D eigenvalue weighted by Gasteiger charge is -2.27. The van der Waals surface area contributed by atoms with Crippen LogP contribution >= 0.6 is 0 Å². The maximum Gasteiger partial charge on any atom is 0.242 e. The van der Waals surface area contributed by atoms with Gasteiger partial charge in [0.15, 0.2) is 0 Å². The van der Waals surface area contributed by atoms with Crippen molar-refractivity contribution in [2.45, 2.75) is 36.8 Å². The quantitative estimate of drug-likeness (QED) is 0.750. The number of benzene rings is 1. The highest BCUT2D eigenvalue weighted by Crippen LogP contribution is 2.25. The first kappa shape index (κ1) is 14.4. The summed E-state index contributed by atoms with van der Waals surface area (Å²) in [5.74, 6) is 0. The molecule has 1 fully saturated rings. The Labute approximate surface area is 123 Å². The predicted molar refractivity (Wildman–Crippen MR) is 81.5 cm³/mol. The highest BCUT2D eigenvalue weighted by atomic mass is 32.2. The number of rotatable bonds is 3. The summed E-state index contributed by atoms with van der Waals surface area (Å²) in [5, 5.41) is 0.650. The number of hydrogen-bond donors (Lipinski definition) is 3. The van der Waals surface area contributed by atoms with Crippen molar-refractivity contribution in [3.05, 3.63) is 24.4 Å². The largest absolute Gasteiger partial charge is 0.399 e. The molecule has 0 saturated carbocycles. The molecule has 2 aromatic rings. The van der Waals surface area contributed by atoms with Crippen molar-refractivity contribution in [1.82, 2.24) is 9.71 Å². The number of H-pyrrole nitrogens is 1. The molecule has 0 radical (unpaired) electrons. The van der Waals surface area contributed by atoms with E-state index in [-0.39, 0.29) is 17.0 Å². The number of aromatic nitrogens is 1. The molecular formula is C14H19N3O3S. The van der Waals surface area contributed by atoms with E-state index in [0.717, 1.165) is 5.52 Å². The average Bonchev–Trinajstić information content (AvgIpc) is 2.81. The lowest BCUT2D eigenvalue weighted by molar-refractivity contribution is 0.0173. The van der Waals surface area contributed by atoms with E-state index in [1.165, 1.54) is 6.20 Å². The van der Waals surface area contributed by atoms with Crippen LogP contribution in [-0.2, 0) is 14.8 Å². The Hall–Kier alpha value is -1.57. The lowest BCUT2D eigenvalue weighted by atomic mass is 10.1. The molecule has 1 aliphatic rings. The number of hydrogen-bond acceptors (Lipinski definition) is 4. The second-order valence-corrected chi connectivity index (χ2v) is 7.16. The van der Waals surface area contributed by atoms with Gasteiger partial charge in [0.2, 0.25) is 10.0 Å². The Morgan fingerprint density at radius 3 is 3.00 bits per heavy atom. The second kappa shape index (κ2) is 5.32. The fraction of sp³-hybridized carbons (Fsp3) is 0.429. The van der Waals surface area contributed by atoms with E-state index in [1.807, 2.05) is 6.92 Å². The number of sulfonamides is 1. The third-order valence-electron chi connectivity index (χ3n) is 3.76. The van der Waals surface area contributed by atoms with Crippen molar-refractivity contribution in [2.75, 3.05) is 12.3 Å². The van der Waals surface area contributed by atoms with Crippen LogP contribution in [0, 0.1) is 0 Å². The second-order valence-electron chi connectivity index (χ2n) is 5.48. The Balaban J connectivity index is 1.89. The molecule has 1 aromatic heterocycles. The van der Waals surface area contributed by atoms with Crippen molar-refractivity contribution in [3.8, 4) is 0 Å². The standard InChI is InChI=1S/C14H19N3O3S/c1-9-6-11(4-5-20-9)17-21(18,19)14-8-16-13-7-10(15)2-3-12(13)14/h2-3,7-9,11,16-17H,4-6,15H2,1H3. The molecule has 2 atom stereocenters. The van der Waals surface area contributed by atoms with Gasteiger partial charge in [0, 0.05) is 35.4 Å². The van der Waals surface area contributed by atoms with Crippen molar-refractivity contribution in [2.24, 2.45) is 0 Å². The van der Waals surface area contributed by atoms with Crippen LogP contribution in [0.5, 0.6) is 0 Å². The van der Waals surface area contributed by atoms with Gasteiger partial charge in [-0.2, -0.15) is 0 Å². The molecule has 0 spiro atoms. The van der Waals surface area contributed by atoms with Crippen LogP contribution < -0.4 is 10.5 Å². The highest BCUT2D eigenvalue weighted by molar-refractivity contribution is 7.89. The molecule has 2 heterocycles. The fourth-order valence-corrected chi connectivity index (χ4v) is 4.19. The minimum Gasteiger partial charge on any atom is -0.399 e. The number of nitrogens with two attached hydrogens (primary N) is 1. The molecular weight excluding hydrogens is 290 g/mol. The summed E-state index contributed by atoms with van der Waals surface area (Å²) in [6, 6.07) is 5.07. The van der Waals surface area contributed by atoms with Gasteiger partial charge in [-0.05, 0) is 38.0 Å². The molecule has 1 aromatic carbocycles. The van der Waals surface area contributed by atoms with Crippen LogP contribution in [0.15, 0.2) is 29.3 Å². The van der Waals surface area contributed by atoms with Crippen molar-refractivity contribution < 1.29 is 13.2 Å². The summed E-state index contributed by atoms with van der Waals surface area (Å²) < 4.78 is 33.3. The molecule has 1 saturated heterocycles. The Morgan fingerprint density at radius 2 is 2.24 bits per heavy atom. The smallest absolute Gasteiger partial charge is 0.242 e. The summed E-state index contributed by atoms with van der Waals surface area (Å²) in [4.78, 5) is 3.22. The summed E-state index contributed by atoms with van der Waals surface area (Å²) in [6.45, 7) is 2.54. The van der Waals surface area contributed by atoms with E-state index in [9.17, 15) is 8.42 Å². The van der Waals surface area contributed by atoms with Crippen LogP contribution in [0.2, 0.25) is 0 Å². The topological polar surface area (TPSA) is 97.2 Å². The molecule has 114 valence electrons. The van der Waals surface area contributed by atoms with Crippen LogP contribution in [0.1, 0.15) is 19.8 Å². The molecule has 4 N–H and O–H groups in total. The van der Waals surface area contributed by atoms with Gasteiger partial charge < -0.3 is 15.5 Å². The molecule has 21 heavy (non-hydrogen) atoms. The van der Waals surface area contributed by atoms with Gasteiger partial charge in [0.25, 0.3) is 0 Å². The van der Waals surface area contributed by atoms with Crippen molar-refractivity contribution in [3.63, 3.8) is 0 Å². The van der Waals surface area contributed by atoms with Crippen LogP contribution in [-0.4, -0.2) is 32.2 Å². The van der Waals surface area contributed by atoms with E-state index in [1.54, 1.807) is 18.2 Å². The SMILES string of the molecule is CC1CC(NS(=O)(=O)c2c[nH]c3cc(N)ccc23)CCO1. The van der Waals surface area contributed by atoms with Crippen LogP contribution in [0.4, 0.5) is 5.69 Å². The van der Waals surface area contributed by atoms with E-state index in [4.69, 9.17) is 10.5 Å². The molecule has 7 heteroatoms. The monoisotopic (exact) mass is 309 g/mol. The number of anilines is 1. The van der Waals surface area contributed by atoms with Gasteiger partial charge in [0.1, 0.15) is 4.90 Å². The minimum atomic E-state index is -3.56. The third-order valence-corrected chi connectivity index (χ3v) is 5.32. The van der Waals surface area contributed by atoms with Crippen molar-refractivity contribution >= 4 is 26.6 Å². The molecule has 2 unspecified atom stereocenters. The van der Waals surface area contributed by atoms with Crippen LogP contribution in [0.3, 0.4) is 0 Å². The first-order valence-electron chi connectivity index (χ1n) is 6.96. The number of aromatic amines is 1. The minimum absolute atomic E-state index is 0.0780. The number of fused-ring (bicyclic) bond motifs is 1. The molecule has 1 aliphatic heterocycles. The predicted octanol–water partition coefficient (Wildman–Crippen LogP) is 1.60. The summed E-state index contributed by atoms with van der Waals surface area (Å²) in [7, 11) is -3.56. The zero-order valence-corrected chi connectivity index (χ0v) is 12.6. The maximum atomic E-state index is 12.6. The van der Waals surface area contributed by atoms with E-state index in [0.29, 0.717) is 30.5 Å². The lowest BCUT2D eigenvalue weighted by Crippen LogP contribution is -2.41. The molecule has 3 rings (SSSR count). The van der Waals surface area contributed by atoms with Gasteiger partial charge in [-0.25, -0.2) is 13.1 Å². The molecule has 6 nitrogen and oxygen atoms in total. The summed E-state index contributed by atoms with van der Waals surface area (Å²) in [6.07, 6.45) is 2.97. The Morgan fingerprint density at radius 1 is 1.43 bits per heavy atom. The van der Waals surface area contributed by atoms with Gasteiger partial charge in [-0.15, -0.1) is 0 Å². The zero-order valence-electron chi connectivity index (χ0n) is 11.8. The van der Waals surface area contributed by atoms with E-state index in [2.05, 4.69) is 9.71 Å². The molecule has 0 aliphatic carbocycles. The van der Waals surface area contributed by atoms with Gasteiger partial charge in [0.05, 0.1) is 6.10 Å². The van der Waals surface area contributed by atoms with Crippen LogP contribution in [0.25, 0.3) is 10.9 Å². The Kier molecular flexibility index (Phi) is 3.64. The summed E-state index contributed by atoms with van der Waals surface area (Å²) in [5.41, 5.74) is 7.02. The third kappa shape index (κ3) is 2.90. The van der Waals surface area contributed by atoms with Gasteiger partial charge in [-0.3, -0.25) is 0 Å². The molecule has 0 amide bonds. The number of ether oxygens (including phenoxy) is 1. The number of nitrogen functional groups attached to an aromatic ring is 1. The average molecular weight is 309 g/mol. The van der Waals surface area contributed by atoms with E-state index < -0.39 is 10.0 Å². The normalized spacial score (nSPS) is 23.5. The van der Waals surface area contributed by atoms with E-state index >= 15 is 0 Å². The van der Waals surface area contributed by atoms with Gasteiger partial charge in [-0.1, -0.05) is 0 Å². The molecule has 0 bridgehead atoms. The zero-order chi connectivity index (χ0) is 15.0.